The monoisotopic (exact) mass is 454 g/mol. The molecule has 0 bridgehead atoms. The number of rotatable bonds is 1. The average Bonchev–Trinajstić information content (AvgIpc) is 3.06. The molecule has 4 heterocycles. The van der Waals surface area contributed by atoms with Gasteiger partial charge in [0, 0.05) is 41.2 Å². The molecule has 0 unspecified atom stereocenters. The molecule has 140 valence electrons. The molecule has 1 aromatic carbocycles. The molecule has 0 fully saturated rings. The molecule has 0 N–H and O–H groups in total. The molecule has 0 aliphatic carbocycles. The number of para-hydroxylation sites is 1. The van der Waals surface area contributed by atoms with Gasteiger partial charge in [0.15, 0.2) is 0 Å². The molecule has 27 heavy (non-hydrogen) atoms. The molecule has 0 saturated carbocycles. The number of methoxy groups -OCH3 is 1. The molecule has 0 radical (unpaired) electrons. The zero-order chi connectivity index (χ0) is 17.8. The second kappa shape index (κ2) is 6.78. The fourth-order valence-electron chi connectivity index (χ4n) is 4.49. The van der Waals surface area contributed by atoms with Crippen molar-refractivity contribution in [1.29, 1.82) is 0 Å². The van der Waals surface area contributed by atoms with Crippen molar-refractivity contribution in [2.45, 2.75) is 26.0 Å². The van der Waals surface area contributed by atoms with Gasteiger partial charge in [-0.1, -0.05) is 18.2 Å². The molecule has 0 spiro atoms. The van der Waals surface area contributed by atoms with E-state index >= 15 is 0 Å². The summed E-state index contributed by atoms with van der Waals surface area (Å²) in [5.41, 5.74) is 5.05. The molecule has 3 atom stereocenters. The summed E-state index contributed by atoms with van der Waals surface area (Å²) in [5.74, 6) is 0.0400. The van der Waals surface area contributed by atoms with Crippen molar-refractivity contribution in [3.8, 4) is 11.3 Å². The molecular weight excluding hydrogens is 435 g/mol. The number of pyridine rings is 1. The van der Waals surface area contributed by atoms with Crippen molar-refractivity contribution in [3.05, 3.63) is 54.1 Å². The second-order valence-electron chi connectivity index (χ2n) is 7.19. The number of carbonyl (C=O) groups is 1. The third-order valence-electron chi connectivity index (χ3n) is 5.89. The maximum atomic E-state index is 12.3. The fourth-order valence-corrected chi connectivity index (χ4v) is 4.49. The van der Waals surface area contributed by atoms with Gasteiger partial charge in [-0.05, 0) is 25.5 Å². The van der Waals surface area contributed by atoms with Crippen LogP contribution in [0.1, 0.15) is 12.6 Å². The Hall–Kier alpha value is -2.16. The van der Waals surface area contributed by atoms with Crippen molar-refractivity contribution in [2.75, 3.05) is 7.11 Å². The van der Waals surface area contributed by atoms with Gasteiger partial charge in [-0.15, -0.1) is 0 Å². The third-order valence-corrected chi connectivity index (χ3v) is 5.89. The number of carbonyl (C=O) groups excluding carboxylic acids is 1. The van der Waals surface area contributed by atoms with Crippen LogP contribution in [0.15, 0.2) is 48.4 Å². The summed E-state index contributed by atoms with van der Waals surface area (Å²) in [6.07, 6.45) is 4.57. The van der Waals surface area contributed by atoms with Gasteiger partial charge in [0.2, 0.25) is 0 Å². The van der Waals surface area contributed by atoms with E-state index in [2.05, 4.69) is 29.8 Å². The van der Waals surface area contributed by atoms with E-state index in [4.69, 9.17) is 14.5 Å². The Morgan fingerprint density at radius 2 is 2.11 bits per heavy atom. The summed E-state index contributed by atoms with van der Waals surface area (Å²) in [6, 6.07) is 10.4. The number of fused-ring (bicyclic) bond motifs is 6. The Kier molecular flexibility index (Phi) is 4.57. The van der Waals surface area contributed by atoms with Crippen LogP contribution < -0.4 is 0 Å². The van der Waals surface area contributed by atoms with Crippen LogP contribution in [0.3, 0.4) is 0 Å². The average molecular weight is 455 g/mol. The Morgan fingerprint density at radius 3 is 2.93 bits per heavy atom. The van der Waals surface area contributed by atoms with Crippen molar-refractivity contribution >= 4 is 16.9 Å². The van der Waals surface area contributed by atoms with E-state index in [-0.39, 0.29) is 44.3 Å². The number of aromatic nitrogens is 2. The van der Waals surface area contributed by atoms with Gasteiger partial charge in [-0.2, -0.15) is 0 Å². The number of nitrogens with zero attached hydrogens (tertiary/aromatic N) is 2. The molecule has 5 rings (SSSR count). The molecule has 0 amide bonds. The van der Waals surface area contributed by atoms with Crippen LogP contribution in [0.5, 0.6) is 0 Å². The Labute approximate surface area is 171 Å². The van der Waals surface area contributed by atoms with Crippen LogP contribution in [0.25, 0.3) is 22.2 Å². The standard InChI is InChI=1S/C21H20N2O3.Pd/c1-12-16-10-23-8-7-14-13-5-3-4-6-18(13)22-20(14)19(23)9-15(16)17(11-26-12)21(24)25-2;/h3-8,11-12,15-16H,9-10H2,1-2H3;/q;+2/t12-,15-,16+;/m0./s1. The van der Waals surface area contributed by atoms with E-state index in [1.54, 1.807) is 6.26 Å². The van der Waals surface area contributed by atoms with E-state index in [0.29, 0.717) is 5.57 Å². The predicted octanol–water partition coefficient (Wildman–Crippen LogP) is 3.40. The third kappa shape index (κ3) is 2.71. The van der Waals surface area contributed by atoms with E-state index in [0.717, 1.165) is 24.2 Å². The maximum Gasteiger partial charge on any atom is 2.00 e. The Balaban J connectivity index is 0.00000180. The number of ether oxygens (including phenoxy) is 2. The number of esters is 1. The van der Waals surface area contributed by atoms with Crippen LogP contribution in [0.4, 0.5) is 0 Å². The largest absolute Gasteiger partial charge is 2.00 e. The summed E-state index contributed by atoms with van der Waals surface area (Å²) < 4.78 is 13.0. The number of hydrogen-bond acceptors (Lipinski definition) is 4. The minimum absolute atomic E-state index is 0. The van der Waals surface area contributed by atoms with Crippen LogP contribution in [0.2, 0.25) is 0 Å². The fraction of sp³-hybridized carbons (Fsp3) is 0.333. The number of benzene rings is 1. The smallest absolute Gasteiger partial charge is 0.497 e. The van der Waals surface area contributed by atoms with E-state index in [1.165, 1.54) is 23.8 Å². The van der Waals surface area contributed by atoms with Crippen LogP contribution in [-0.2, 0) is 47.7 Å². The molecule has 0 saturated heterocycles. The van der Waals surface area contributed by atoms with E-state index < -0.39 is 0 Å². The van der Waals surface area contributed by atoms with Crippen molar-refractivity contribution < 1.29 is 34.7 Å². The van der Waals surface area contributed by atoms with Crippen molar-refractivity contribution in [1.82, 2.24) is 9.55 Å². The SMILES string of the molecule is COC(=O)C1=CO[C@@H](C)[C@H]2Cn3ccc4c5ccccc5nc-4c3C[C@H]12.[Pd+2]. The molecule has 6 heteroatoms. The van der Waals surface area contributed by atoms with Crippen molar-refractivity contribution in [3.63, 3.8) is 0 Å². The van der Waals surface area contributed by atoms with Gasteiger partial charge >= 0.3 is 26.4 Å². The van der Waals surface area contributed by atoms with Gasteiger partial charge in [0.25, 0.3) is 0 Å². The molecule has 5 nitrogen and oxygen atoms in total. The molecule has 4 aliphatic heterocycles. The predicted molar refractivity (Wildman–Crippen MR) is 97.7 cm³/mol. The molecule has 4 aliphatic rings. The van der Waals surface area contributed by atoms with Gasteiger partial charge in [-0.25, -0.2) is 9.78 Å². The molecule has 1 aromatic rings. The zero-order valence-electron chi connectivity index (χ0n) is 15.1. The van der Waals surface area contributed by atoms with Crippen molar-refractivity contribution in [2.24, 2.45) is 11.8 Å². The first-order valence-corrected chi connectivity index (χ1v) is 8.97. The normalized spacial score (nSPS) is 23.6. The van der Waals surface area contributed by atoms with Crippen LogP contribution in [-0.4, -0.2) is 28.7 Å². The zero-order valence-corrected chi connectivity index (χ0v) is 16.7. The maximum absolute atomic E-state index is 12.3. The molecule has 0 aromatic heterocycles. The van der Waals surface area contributed by atoms with Crippen LogP contribution in [0, 0.1) is 11.8 Å². The minimum atomic E-state index is -0.298. The second-order valence-corrected chi connectivity index (χ2v) is 7.19. The molecular formula is C21H20N2O3Pd+2. The van der Waals surface area contributed by atoms with E-state index in [1.807, 2.05) is 18.2 Å². The first-order valence-electron chi connectivity index (χ1n) is 8.97. The summed E-state index contributed by atoms with van der Waals surface area (Å²) in [5, 5.41) is 1.18. The topological polar surface area (TPSA) is 53.4 Å². The first-order chi connectivity index (χ1) is 12.7. The first kappa shape index (κ1) is 18.2. The van der Waals surface area contributed by atoms with Gasteiger partial charge in [0.05, 0.1) is 30.2 Å². The summed E-state index contributed by atoms with van der Waals surface area (Å²) in [7, 11) is 1.42. The van der Waals surface area contributed by atoms with Crippen LogP contribution >= 0.6 is 0 Å². The van der Waals surface area contributed by atoms with Gasteiger partial charge < -0.3 is 14.0 Å². The minimum Gasteiger partial charge on any atom is -0.497 e. The van der Waals surface area contributed by atoms with E-state index in [9.17, 15) is 4.79 Å². The van der Waals surface area contributed by atoms with Gasteiger partial charge in [0.1, 0.15) is 6.10 Å². The quantitative estimate of drug-likeness (QED) is 0.418. The Morgan fingerprint density at radius 1 is 1.30 bits per heavy atom. The Bertz CT molecular complexity index is 1030. The summed E-state index contributed by atoms with van der Waals surface area (Å²) in [4.78, 5) is 17.1. The number of hydrogen-bond donors (Lipinski definition) is 0. The summed E-state index contributed by atoms with van der Waals surface area (Å²) >= 11 is 0. The summed E-state index contributed by atoms with van der Waals surface area (Å²) in [6.45, 7) is 2.88. The van der Waals surface area contributed by atoms with Gasteiger partial charge in [-0.3, -0.25) is 0 Å².